The van der Waals surface area contributed by atoms with Gasteiger partial charge in [0, 0.05) is 21.7 Å². The van der Waals surface area contributed by atoms with Crippen molar-refractivity contribution in [2.45, 2.75) is 13.5 Å². The molecule has 110 valence electrons. The summed E-state index contributed by atoms with van der Waals surface area (Å²) in [7, 11) is 0. The maximum atomic E-state index is 10.3. The first-order chi connectivity index (χ1) is 10.6. The first kappa shape index (κ1) is 14.8. The van der Waals surface area contributed by atoms with Gasteiger partial charge in [-0.25, -0.2) is 0 Å². The zero-order chi connectivity index (χ0) is 15.5. The van der Waals surface area contributed by atoms with Crippen LogP contribution in [0.2, 0.25) is 0 Å². The Morgan fingerprint density at radius 2 is 1.73 bits per heavy atom. The van der Waals surface area contributed by atoms with E-state index in [0.717, 1.165) is 15.6 Å². The first-order valence-corrected chi connectivity index (χ1v) is 7.95. The number of halogens is 1. The second kappa shape index (κ2) is 6.32. The summed E-state index contributed by atoms with van der Waals surface area (Å²) in [6.45, 7) is 2.77. The largest absolute Gasteiger partial charge is 0.502 e. The molecule has 0 amide bonds. The van der Waals surface area contributed by atoms with E-state index < -0.39 is 0 Å². The zero-order valence-electron chi connectivity index (χ0n) is 12.3. The molecule has 3 aromatic rings. The van der Waals surface area contributed by atoms with Crippen LogP contribution in [0.1, 0.15) is 11.1 Å². The van der Waals surface area contributed by atoms with Gasteiger partial charge in [0.2, 0.25) is 6.20 Å². The predicted molar refractivity (Wildman–Crippen MR) is 91.7 cm³/mol. The van der Waals surface area contributed by atoms with Gasteiger partial charge in [-0.05, 0) is 18.6 Å². The third kappa shape index (κ3) is 3.20. The van der Waals surface area contributed by atoms with E-state index >= 15 is 0 Å². The van der Waals surface area contributed by atoms with Gasteiger partial charge in [0.1, 0.15) is 0 Å². The first-order valence-electron chi connectivity index (χ1n) is 7.16. The van der Waals surface area contributed by atoms with Crippen LogP contribution in [-0.4, -0.2) is 5.11 Å². The fraction of sp³-hybridized carbons (Fsp3) is 0.105. The normalized spacial score (nSPS) is 10.6. The van der Waals surface area contributed by atoms with Crippen LogP contribution >= 0.6 is 15.9 Å². The Balaban J connectivity index is 1.89. The van der Waals surface area contributed by atoms with E-state index in [1.54, 1.807) is 6.20 Å². The van der Waals surface area contributed by atoms with E-state index in [0.29, 0.717) is 12.3 Å². The van der Waals surface area contributed by atoms with Crippen LogP contribution in [0.25, 0.3) is 11.1 Å². The summed E-state index contributed by atoms with van der Waals surface area (Å²) in [4.78, 5) is 0. The van der Waals surface area contributed by atoms with E-state index in [1.807, 2.05) is 47.2 Å². The topological polar surface area (TPSA) is 24.1 Å². The molecule has 0 saturated heterocycles. The summed E-state index contributed by atoms with van der Waals surface area (Å²) < 4.78 is 3.05. The van der Waals surface area contributed by atoms with Crippen LogP contribution in [0.15, 0.2) is 71.5 Å². The minimum Gasteiger partial charge on any atom is -0.502 e. The Hall–Kier alpha value is -2.13. The molecule has 0 atom stereocenters. The number of aromatic nitrogens is 1. The minimum atomic E-state index is 0.290. The number of benzene rings is 2. The van der Waals surface area contributed by atoms with Crippen LogP contribution < -0.4 is 4.57 Å². The SMILES string of the molecule is Cc1ccc(-c2cc[n+](Cc3ccccc3Br)cc2O)cc1. The van der Waals surface area contributed by atoms with Crippen LogP contribution in [-0.2, 0) is 6.54 Å². The molecule has 1 heterocycles. The van der Waals surface area contributed by atoms with Crippen molar-refractivity contribution in [2.24, 2.45) is 0 Å². The third-order valence-corrected chi connectivity index (χ3v) is 4.44. The Labute approximate surface area is 138 Å². The maximum Gasteiger partial charge on any atom is 0.211 e. The van der Waals surface area contributed by atoms with Crippen LogP contribution in [0.4, 0.5) is 0 Å². The lowest BCUT2D eigenvalue weighted by molar-refractivity contribution is -0.688. The monoisotopic (exact) mass is 354 g/mol. The van der Waals surface area contributed by atoms with Gasteiger partial charge in [0.15, 0.2) is 18.5 Å². The van der Waals surface area contributed by atoms with Crippen molar-refractivity contribution in [3.63, 3.8) is 0 Å². The maximum absolute atomic E-state index is 10.3. The van der Waals surface area contributed by atoms with Crippen LogP contribution in [0.5, 0.6) is 5.75 Å². The third-order valence-electron chi connectivity index (χ3n) is 3.67. The lowest BCUT2D eigenvalue weighted by Gasteiger charge is -2.05. The number of hydrogen-bond acceptors (Lipinski definition) is 1. The number of pyridine rings is 1. The highest BCUT2D eigenvalue weighted by atomic mass is 79.9. The van der Waals surface area contributed by atoms with Gasteiger partial charge in [0.25, 0.3) is 0 Å². The smallest absolute Gasteiger partial charge is 0.211 e. The van der Waals surface area contributed by atoms with E-state index in [1.165, 1.54) is 11.1 Å². The Morgan fingerprint density at radius 3 is 2.41 bits per heavy atom. The van der Waals surface area contributed by atoms with Gasteiger partial charge >= 0.3 is 0 Å². The van der Waals surface area contributed by atoms with Gasteiger partial charge < -0.3 is 5.11 Å². The molecule has 3 rings (SSSR count). The second-order valence-electron chi connectivity index (χ2n) is 5.37. The van der Waals surface area contributed by atoms with Crippen molar-refractivity contribution in [2.75, 3.05) is 0 Å². The lowest BCUT2D eigenvalue weighted by Crippen LogP contribution is -2.33. The highest BCUT2D eigenvalue weighted by molar-refractivity contribution is 9.10. The molecule has 0 saturated carbocycles. The summed E-state index contributed by atoms with van der Waals surface area (Å²) in [5.41, 5.74) is 4.26. The van der Waals surface area contributed by atoms with Crippen molar-refractivity contribution in [3.8, 4) is 16.9 Å². The summed E-state index contributed by atoms with van der Waals surface area (Å²) in [6, 6.07) is 18.2. The quantitative estimate of drug-likeness (QED) is 0.689. The molecule has 22 heavy (non-hydrogen) atoms. The van der Waals surface area contributed by atoms with Crippen molar-refractivity contribution < 1.29 is 9.67 Å². The molecule has 1 aromatic heterocycles. The van der Waals surface area contributed by atoms with E-state index in [9.17, 15) is 5.11 Å². The second-order valence-corrected chi connectivity index (χ2v) is 6.23. The van der Waals surface area contributed by atoms with Crippen molar-refractivity contribution >= 4 is 15.9 Å². The number of aryl methyl sites for hydroxylation is 1. The Kier molecular flexibility index (Phi) is 4.25. The summed E-state index contributed by atoms with van der Waals surface area (Å²) in [5.74, 6) is 0.290. The van der Waals surface area contributed by atoms with Gasteiger partial charge in [-0.15, -0.1) is 0 Å². The van der Waals surface area contributed by atoms with Gasteiger partial charge in [-0.2, -0.15) is 4.57 Å². The average Bonchev–Trinajstić information content (AvgIpc) is 2.51. The lowest BCUT2D eigenvalue weighted by atomic mass is 10.0. The highest BCUT2D eigenvalue weighted by Gasteiger charge is 2.12. The molecule has 3 heteroatoms. The van der Waals surface area contributed by atoms with Crippen LogP contribution in [0, 0.1) is 6.92 Å². The summed E-state index contributed by atoms with van der Waals surface area (Å²) >= 11 is 3.55. The molecule has 0 fully saturated rings. The molecule has 0 aliphatic carbocycles. The van der Waals surface area contributed by atoms with E-state index in [-0.39, 0.29) is 0 Å². The van der Waals surface area contributed by atoms with Crippen LogP contribution in [0.3, 0.4) is 0 Å². The Bertz CT molecular complexity index is 797. The molecule has 0 aliphatic rings. The van der Waals surface area contributed by atoms with Crippen molar-refractivity contribution in [1.82, 2.24) is 0 Å². The molecule has 0 unspecified atom stereocenters. The average molecular weight is 355 g/mol. The molecule has 2 aromatic carbocycles. The number of rotatable bonds is 3. The molecule has 0 spiro atoms. The molecule has 0 radical (unpaired) electrons. The number of hydrogen-bond donors (Lipinski definition) is 1. The van der Waals surface area contributed by atoms with Gasteiger partial charge in [-0.1, -0.05) is 64.0 Å². The fourth-order valence-corrected chi connectivity index (χ4v) is 2.83. The zero-order valence-corrected chi connectivity index (χ0v) is 13.9. The fourth-order valence-electron chi connectivity index (χ4n) is 2.42. The van der Waals surface area contributed by atoms with Gasteiger partial charge in [-0.3, -0.25) is 0 Å². The predicted octanol–water partition coefficient (Wildman–Crippen LogP) is 4.47. The standard InChI is InChI=1S/C19H16BrNO/c1-14-6-8-15(9-7-14)17-10-11-21(13-19(17)22)12-16-4-2-3-5-18(16)20/h2-11,13H,12H2,1H3/p+1. The number of aromatic hydroxyl groups is 1. The van der Waals surface area contributed by atoms with E-state index in [2.05, 4.69) is 41.1 Å². The van der Waals surface area contributed by atoms with E-state index in [4.69, 9.17) is 0 Å². The summed E-state index contributed by atoms with van der Waals surface area (Å²) in [5, 5.41) is 10.3. The molecule has 0 bridgehead atoms. The van der Waals surface area contributed by atoms with Gasteiger partial charge in [0.05, 0.1) is 0 Å². The van der Waals surface area contributed by atoms with Crippen molar-refractivity contribution in [1.29, 1.82) is 0 Å². The molecule has 1 N–H and O–H groups in total. The summed E-state index contributed by atoms with van der Waals surface area (Å²) in [6.07, 6.45) is 3.77. The molecular weight excluding hydrogens is 338 g/mol. The molecule has 2 nitrogen and oxygen atoms in total. The van der Waals surface area contributed by atoms with Crippen molar-refractivity contribution in [3.05, 3.63) is 82.6 Å². The number of nitrogens with zero attached hydrogens (tertiary/aromatic N) is 1. The minimum absolute atomic E-state index is 0.290. The highest BCUT2D eigenvalue weighted by Crippen LogP contribution is 2.27. The molecular formula is C19H17BrNO+. The Morgan fingerprint density at radius 1 is 1.00 bits per heavy atom. The molecule has 0 aliphatic heterocycles.